The number of nitrogens with one attached hydrogen (secondary N) is 1. The van der Waals surface area contributed by atoms with Crippen LogP contribution in [0.2, 0.25) is 0 Å². The molecule has 2 heterocycles. The Labute approximate surface area is 173 Å². The van der Waals surface area contributed by atoms with Gasteiger partial charge < -0.3 is 9.88 Å². The molecule has 2 aromatic heterocycles. The number of hydrogen-bond donors (Lipinski definition) is 2. The number of fused-ring (bicyclic) bond motifs is 2. The van der Waals surface area contributed by atoms with Gasteiger partial charge in [0.25, 0.3) is 0 Å². The number of thiazole rings is 1. The van der Waals surface area contributed by atoms with Gasteiger partial charge in [0.05, 0.1) is 21.6 Å². The maximum Gasteiger partial charge on any atom is 0.238 e. The Hall–Kier alpha value is -2.30. The number of nitrogens with zero attached hydrogens (tertiary/aromatic N) is 3. The highest BCUT2D eigenvalue weighted by Gasteiger charge is 2.19. The topological polar surface area (TPSA) is 120 Å². The lowest BCUT2D eigenvalue weighted by Crippen LogP contribution is -2.14. The van der Waals surface area contributed by atoms with Crippen LogP contribution in [-0.2, 0) is 40.6 Å². The molecule has 0 bridgehead atoms. The van der Waals surface area contributed by atoms with E-state index in [9.17, 15) is 13.2 Å². The van der Waals surface area contributed by atoms with Crippen LogP contribution in [0.15, 0.2) is 23.1 Å². The number of primary sulfonamides is 1. The third-order valence-corrected chi connectivity index (χ3v) is 6.98. The molecule has 8 nitrogen and oxygen atoms in total. The van der Waals surface area contributed by atoms with Gasteiger partial charge in [-0.05, 0) is 43.9 Å². The lowest BCUT2D eigenvalue weighted by molar-refractivity contribution is -0.116. The van der Waals surface area contributed by atoms with Crippen LogP contribution in [0.1, 0.15) is 42.6 Å². The largest absolute Gasteiger partial charge is 0.328 e. The van der Waals surface area contributed by atoms with Crippen molar-refractivity contribution in [2.45, 2.75) is 56.9 Å². The van der Waals surface area contributed by atoms with E-state index >= 15 is 0 Å². The Morgan fingerprint density at radius 2 is 2.14 bits per heavy atom. The van der Waals surface area contributed by atoms with Gasteiger partial charge in [0.1, 0.15) is 5.82 Å². The van der Waals surface area contributed by atoms with Crippen LogP contribution in [0.25, 0.3) is 11.0 Å². The van der Waals surface area contributed by atoms with E-state index < -0.39 is 10.0 Å². The number of anilines is 1. The molecular formula is C19H23N5O3S2. The summed E-state index contributed by atoms with van der Waals surface area (Å²) in [4.78, 5) is 22.8. The van der Waals surface area contributed by atoms with E-state index in [2.05, 4.69) is 22.2 Å². The van der Waals surface area contributed by atoms with Gasteiger partial charge >= 0.3 is 0 Å². The summed E-state index contributed by atoms with van der Waals surface area (Å²) in [5.41, 5.74) is 2.52. The zero-order chi connectivity index (χ0) is 20.6. The number of aryl methyl sites for hydroxylation is 4. The monoisotopic (exact) mass is 433 g/mol. The third kappa shape index (κ3) is 4.19. The number of nitrogens with two attached hydrogens (primary N) is 1. The van der Waals surface area contributed by atoms with Crippen LogP contribution in [0.4, 0.5) is 5.13 Å². The molecule has 0 atom stereocenters. The Kier molecular flexibility index (Phi) is 5.41. The van der Waals surface area contributed by atoms with Crippen molar-refractivity contribution in [2.24, 2.45) is 5.14 Å². The average molecular weight is 434 g/mol. The summed E-state index contributed by atoms with van der Waals surface area (Å²) < 4.78 is 25.3. The maximum atomic E-state index is 12.4. The molecule has 0 saturated heterocycles. The molecular weight excluding hydrogens is 410 g/mol. The molecule has 29 heavy (non-hydrogen) atoms. The van der Waals surface area contributed by atoms with E-state index in [0.717, 1.165) is 49.3 Å². The minimum atomic E-state index is -3.79. The zero-order valence-electron chi connectivity index (χ0n) is 16.1. The minimum Gasteiger partial charge on any atom is -0.328 e. The fourth-order valence-electron chi connectivity index (χ4n) is 3.65. The van der Waals surface area contributed by atoms with E-state index in [-0.39, 0.29) is 17.2 Å². The van der Waals surface area contributed by atoms with Crippen LogP contribution >= 0.6 is 11.3 Å². The molecule has 0 unspecified atom stereocenters. The molecule has 1 amide bonds. The number of amides is 1. The van der Waals surface area contributed by atoms with Gasteiger partial charge in [0, 0.05) is 24.3 Å². The molecule has 1 aromatic carbocycles. The van der Waals surface area contributed by atoms with Crippen molar-refractivity contribution in [2.75, 3.05) is 5.32 Å². The molecule has 1 aliphatic carbocycles. The number of sulfonamides is 1. The molecule has 0 fully saturated rings. The summed E-state index contributed by atoms with van der Waals surface area (Å²) in [5.74, 6) is 0.656. The first-order valence-corrected chi connectivity index (χ1v) is 12.0. The normalized spacial score (nSPS) is 13.7. The molecule has 0 saturated carbocycles. The van der Waals surface area contributed by atoms with Crippen molar-refractivity contribution in [1.82, 2.24) is 14.5 Å². The van der Waals surface area contributed by atoms with Crippen molar-refractivity contribution in [3.05, 3.63) is 34.6 Å². The molecule has 0 aliphatic heterocycles. The van der Waals surface area contributed by atoms with E-state index in [1.165, 1.54) is 17.0 Å². The van der Waals surface area contributed by atoms with Gasteiger partial charge in [0.15, 0.2) is 5.13 Å². The van der Waals surface area contributed by atoms with Gasteiger partial charge in [0.2, 0.25) is 15.9 Å². The third-order valence-electron chi connectivity index (χ3n) is 4.99. The van der Waals surface area contributed by atoms with Crippen LogP contribution in [0, 0.1) is 0 Å². The number of carbonyl (C=O) groups excluding carboxylic acids is 1. The summed E-state index contributed by atoms with van der Waals surface area (Å²) in [6, 6.07) is 4.69. The fraction of sp³-hybridized carbons (Fsp3) is 0.421. The van der Waals surface area contributed by atoms with Gasteiger partial charge in [-0.25, -0.2) is 23.5 Å². The van der Waals surface area contributed by atoms with Crippen LogP contribution in [0.3, 0.4) is 0 Å². The summed E-state index contributed by atoms with van der Waals surface area (Å²) >= 11 is 1.56. The molecule has 0 radical (unpaired) electrons. The number of hydrogen-bond acceptors (Lipinski definition) is 6. The predicted molar refractivity (Wildman–Crippen MR) is 112 cm³/mol. The highest BCUT2D eigenvalue weighted by atomic mass is 32.2. The maximum absolute atomic E-state index is 12.4. The molecule has 0 spiro atoms. The Morgan fingerprint density at radius 3 is 2.86 bits per heavy atom. The van der Waals surface area contributed by atoms with Crippen LogP contribution < -0.4 is 10.5 Å². The second-order valence-electron chi connectivity index (χ2n) is 7.17. The van der Waals surface area contributed by atoms with Crippen LogP contribution in [-0.4, -0.2) is 28.9 Å². The molecule has 3 N–H and O–H groups in total. The zero-order valence-corrected chi connectivity index (χ0v) is 17.8. The average Bonchev–Trinajstić information content (AvgIpc) is 3.33. The first kappa shape index (κ1) is 20.0. The van der Waals surface area contributed by atoms with Gasteiger partial charge in [-0.3, -0.25) is 4.79 Å². The van der Waals surface area contributed by atoms with Crippen molar-refractivity contribution in [3.8, 4) is 0 Å². The number of benzene rings is 1. The predicted octanol–water partition coefficient (Wildman–Crippen LogP) is 2.61. The Bertz CT molecular complexity index is 1160. The van der Waals surface area contributed by atoms with Crippen molar-refractivity contribution < 1.29 is 13.2 Å². The standard InChI is InChI=1S/C19H23N5O3S2/c1-2-10-24-15-7-6-12(29(20,26)27)11-14(15)21-17(24)8-9-18(25)23-19-22-13-4-3-5-16(13)28-19/h6-7,11H,2-5,8-10H2,1H3,(H2,20,26,27)(H,22,23,25). The van der Waals surface area contributed by atoms with E-state index in [0.29, 0.717) is 17.1 Å². The summed E-state index contributed by atoms with van der Waals surface area (Å²) in [7, 11) is -3.79. The Balaban J connectivity index is 1.51. The smallest absolute Gasteiger partial charge is 0.238 e. The molecule has 1 aliphatic rings. The minimum absolute atomic E-state index is 0.0345. The summed E-state index contributed by atoms with van der Waals surface area (Å²) in [5, 5.41) is 8.79. The molecule has 154 valence electrons. The quantitative estimate of drug-likeness (QED) is 0.593. The number of rotatable bonds is 7. The highest BCUT2D eigenvalue weighted by Crippen LogP contribution is 2.30. The SMILES string of the molecule is CCCn1c(CCC(=O)Nc2nc3c(s2)CCC3)nc2cc(S(N)(=O)=O)ccc21. The second kappa shape index (κ2) is 7.85. The lowest BCUT2D eigenvalue weighted by atomic mass is 10.2. The number of carbonyl (C=O) groups is 1. The molecule has 4 rings (SSSR count). The van der Waals surface area contributed by atoms with Crippen molar-refractivity contribution in [1.29, 1.82) is 0 Å². The van der Waals surface area contributed by atoms with Crippen molar-refractivity contribution >= 4 is 43.4 Å². The van der Waals surface area contributed by atoms with Gasteiger partial charge in [-0.1, -0.05) is 6.92 Å². The van der Waals surface area contributed by atoms with Crippen LogP contribution in [0.5, 0.6) is 0 Å². The first-order chi connectivity index (χ1) is 13.8. The van der Waals surface area contributed by atoms with Gasteiger partial charge in [-0.2, -0.15) is 0 Å². The highest BCUT2D eigenvalue weighted by molar-refractivity contribution is 7.89. The summed E-state index contributed by atoms with van der Waals surface area (Å²) in [6.07, 6.45) is 4.80. The Morgan fingerprint density at radius 1 is 1.31 bits per heavy atom. The fourth-order valence-corrected chi connectivity index (χ4v) is 5.25. The van der Waals surface area contributed by atoms with E-state index in [1.54, 1.807) is 17.4 Å². The molecule has 10 heteroatoms. The summed E-state index contributed by atoms with van der Waals surface area (Å²) in [6.45, 7) is 2.80. The number of imidazole rings is 1. The number of aromatic nitrogens is 3. The van der Waals surface area contributed by atoms with Gasteiger partial charge in [-0.15, -0.1) is 11.3 Å². The van der Waals surface area contributed by atoms with Crippen molar-refractivity contribution in [3.63, 3.8) is 0 Å². The lowest BCUT2D eigenvalue weighted by Gasteiger charge is -2.08. The van der Waals surface area contributed by atoms with E-state index in [4.69, 9.17) is 5.14 Å². The van der Waals surface area contributed by atoms with E-state index in [1.807, 2.05) is 4.57 Å². The first-order valence-electron chi connectivity index (χ1n) is 9.65. The molecule has 3 aromatic rings. The second-order valence-corrected chi connectivity index (χ2v) is 9.81.